The maximum atomic E-state index is 9.37. The molecule has 15 heavy (non-hydrogen) atoms. The van der Waals surface area contributed by atoms with E-state index in [4.69, 9.17) is 0 Å². The van der Waals surface area contributed by atoms with Gasteiger partial charge in [0.1, 0.15) is 0 Å². The number of hydrogen-bond donors (Lipinski definition) is 0. The van der Waals surface area contributed by atoms with E-state index in [-0.39, 0.29) is 0 Å². The van der Waals surface area contributed by atoms with Crippen molar-refractivity contribution >= 4 is 0 Å². The second-order valence-electron chi connectivity index (χ2n) is 5.56. The fourth-order valence-electron chi connectivity index (χ4n) is 4.16. The van der Waals surface area contributed by atoms with Crippen LogP contribution in [-0.4, -0.2) is 24.0 Å². The van der Waals surface area contributed by atoms with Gasteiger partial charge in [0.25, 0.3) is 0 Å². The highest BCUT2D eigenvalue weighted by molar-refractivity contribution is 5.06. The molecule has 2 heteroatoms. The van der Waals surface area contributed by atoms with Crippen molar-refractivity contribution in [2.45, 2.75) is 44.6 Å². The summed E-state index contributed by atoms with van der Waals surface area (Å²) in [6.45, 7) is 2.51. The molecular formula is C13H20N2. The minimum atomic E-state index is 0.357. The Morgan fingerprint density at radius 2 is 1.53 bits per heavy atom. The lowest BCUT2D eigenvalue weighted by Gasteiger charge is -2.49. The van der Waals surface area contributed by atoms with E-state index in [1.165, 1.54) is 51.6 Å². The molecule has 0 radical (unpaired) electrons. The van der Waals surface area contributed by atoms with E-state index in [0.29, 0.717) is 12.0 Å². The van der Waals surface area contributed by atoms with Gasteiger partial charge in [0.05, 0.1) is 12.0 Å². The number of nitrogens with zero attached hydrogens (tertiary/aromatic N) is 2. The van der Waals surface area contributed by atoms with Crippen LogP contribution in [0.15, 0.2) is 0 Å². The van der Waals surface area contributed by atoms with Crippen LogP contribution in [0.1, 0.15) is 38.5 Å². The highest BCUT2D eigenvalue weighted by Gasteiger charge is 2.46. The minimum absolute atomic E-state index is 0.357. The normalized spacial score (nSPS) is 45.5. The standard InChI is InChI=1S/C13H20N2/c14-9-12-10-3-5-11(6-4-10)13(12)15-7-1-2-8-15/h10-13H,1-8H2/t10?,11?,12-,13-/m1/s1. The number of nitriles is 1. The van der Waals surface area contributed by atoms with Crippen molar-refractivity contribution in [3.05, 3.63) is 0 Å². The molecule has 0 N–H and O–H groups in total. The lowest BCUT2D eigenvalue weighted by molar-refractivity contribution is 0.0122. The van der Waals surface area contributed by atoms with Crippen LogP contribution in [0.3, 0.4) is 0 Å². The topological polar surface area (TPSA) is 27.0 Å². The first kappa shape index (κ1) is 9.66. The predicted molar refractivity (Wildman–Crippen MR) is 59.1 cm³/mol. The van der Waals surface area contributed by atoms with Crippen molar-refractivity contribution < 1.29 is 0 Å². The van der Waals surface area contributed by atoms with Crippen molar-refractivity contribution in [2.24, 2.45) is 17.8 Å². The third kappa shape index (κ3) is 1.49. The zero-order valence-electron chi connectivity index (χ0n) is 9.36. The fourth-order valence-corrected chi connectivity index (χ4v) is 4.16. The van der Waals surface area contributed by atoms with E-state index in [9.17, 15) is 5.26 Å². The first-order chi connectivity index (χ1) is 7.40. The molecule has 4 aliphatic rings. The van der Waals surface area contributed by atoms with Crippen LogP contribution in [0.4, 0.5) is 0 Å². The van der Waals surface area contributed by atoms with Gasteiger partial charge in [-0.1, -0.05) is 0 Å². The summed E-state index contributed by atoms with van der Waals surface area (Å²) < 4.78 is 0. The van der Waals surface area contributed by atoms with Gasteiger partial charge >= 0.3 is 0 Å². The van der Waals surface area contributed by atoms with Gasteiger partial charge in [-0.3, -0.25) is 4.90 Å². The number of likely N-dealkylation sites (tertiary alicyclic amines) is 1. The summed E-state index contributed by atoms with van der Waals surface area (Å²) >= 11 is 0. The van der Waals surface area contributed by atoms with E-state index in [1.54, 1.807) is 0 Å². The summed E-state index contributed by atoms with van der Waals surface area (Å²) in [6.07, 6.45) is 8.15. The molecule has 4 fully saturated rings. The van der Waals surface area contributed by atoms with Gasteiger partial charge in [0.2, 0.25) is 0 Å². The SMILES string of the molecule is N#C[C@@H]1C2CCC(CC2)[C@H]1N1CCCC1. The molecule has 0 unspecified atom stereocenters. The van der Waals surface area contributed by atoms with Crippen molar-refractivity contribution in [1.29, 1.82) is 5.26 Å². The molecular weight excluding hydrogens is 184 g/mol. The van der Waals surface area contributed by atoms with Crippen LogP contribution in [0, 0.1) is 29.1 Å². The Hall–Kier alpha value is -0.550. The molecule has 0 amide bonds. The monoisotopic (exact) mass is 204 g/mol. The molecule has 2 bridgehead atoms. The smallest absolute Gasteiger partial charge is 0.0675 e. The van der Waals surface area contributed by atoms with Crippen molar-refractivity contribution in [3.63, 3.8) is 0 Å². The highest BCUT2D eigenvalue weighted by atomic mass is 15.2. The first-order valence-electron chi connectivity index (χ1n) is 6.54. The van der Waals surface area contributed by atoms with Crippen LogP contribution in [0.2, 0.25) is 0 Å². The molecule has 82 valence electrons. The molecule has 0 aromatic rings. The Morgan fingerprint density at radius 3 is 2.13 bits per heavy atom. The van der Waals surface area contributed by atoms with Crippen molar-refractivity contribution in [1.82, 2.24) is 4.90 Å². The maximum absolute atomic E-state index is 9.37. The zero-order valence-corrected chi connectivity index (χ0v) is 9.36. The fraction of sp³-hybridized carbons (Fsp3) is 0.923. The van der Waals surface area contributed by atoms with Crippen LogP contribution < -0.4 is 0 Å². The van der Waals surface area contributed by atoms with Crippen LogP contribution in [0.5, 0.6) is 0 Å². The predicted octanol–water partition coefficient (Wildman–Crippen LogP) is 2.41. The molecule has 0 aromatic heterocycles. The third-order valence-electron chi connectivity index (χ3n) is 4.89. The summed E-state index contributed by atoms with van der Waals surface area (Å²) in [5, 5.41) is 9.37. The summed E-state index contributed by atoms with van der Waals surface area (Å²) in [5.41, 5.74) is 0. The number of hydrogen-bond acceptors (Lipinski definition) is 2. The van der Waals surface area contributed by atoms with Crippen molar-refractivity contribution in [2.75, 3.05) is 13.1 Å². The lowest BCUT2D eigenvalue weighted by atomic mass is 9.61. The highest BCUT2D eigenvalue weighted by Crippen LogP contribution is 2.47. The van der Waals surface area contributed by atoms with Gasteiger partial charge in [-0.25, -0.2) is 0 Å². The largest absolute Gasteiger partial charge is 0.299 e. The average Bonchev–Trinajstić information content (AvgIpc) is 2.82. The van der Waals surface area contributed by atoms with E-state index in [0.717, 1.165) is 11.8 Å². The number of rotatable bonds is 1. The van der Waals surface area contributed by atoms with Gasteiger partial charge < -0.3 is 0 Å². The summed E-state index contributed by atoms with van der Waals surface area (Å²) in [4.78, 5) is 2.63. The minimum Gasteiger partial charge on any atom is -0.299 e. The second-order valence-corrected chi connectivity index (χ2v) is 5.56. The van der Waals surface area contributed by atoms with Gasteiger partial charge in [-0.2, -0.15) is 5.26 Å². The quantitative estimate of drug-likeness (QED) is 0.656. The van der Waals surface area contributed by atoms with E-state index in [2.05, 4.69) is 11.0 Å². The van der Waals surface area contributed by atoms with Crippen LogP contribution in [0.25, 0.3) is 0 Å². The van der Waals surface area contributed by atoms with E-state index in [1.807, 2.05) is 0 Å². The molecule has 2 atom stereocenters. The van der Waals surface area contributed by atoms with Gasteiger partial charge in [0.15, 0.2) is 0 Å². The first-order valence-corrected chi connectivity index (χ1v) is 6.54. The molecule has 2 nitrogen and oxygen atoms in total. The number of fused-ring (bicyclic) bond motifs is 3. The third-order valence-corrected chi connectivity index (χ3v) is 4.89. The maximum Gasteiger partial charge on any atom is 0.0675 e. The Morgan fingerprint density at radius 1 is 0.933 bits per heavy atom. The van der Waals surface area contributed by atoms with Gasteiger partial charge in [-0.05, 0) is 63.5 Å². The molecule has 0 spiro atoms. The van der Waals surface area contributed by atoms with Crippen LogP contribution in [-0.2, 0) is 0 Å². The Labute approximate surface area is 92.3 Å². The molecule has 1 saturated heterocycles. The zero-order chi connectivity index (χ0) is 10.3. The second kappa shape index (κ2) is 3.79. The Bertz CT molecular complexity index is 265. The average molecular weight is 204 g/mol. The Balaban J connectivity index is 1.82. The summed E-state index contributed by atoms with van der Waals surface area (Å²) in [7, 11) is 0. The molecule has 1 aliphatic heterocycles. The van der Waals surface area contributed by atoms with E-state index >= 15 is 0 Å². The van der Waals surface area contributed by atoms with Crippen LogP contribution >= 0.6 is 0 Å². The molecule has 1 heterocycles. The lowest BCUT2D eigenvalue weighted by Crippen LogP contribution is -2.52. The molecule has 4 rings (SSSR count). The molecule has 3 saturated carbocycles. The summed E-state index contributed by atoms with van der Waals surface area (Å²) in [6, 6.07) is 3.25. The molecule has 3 aliphatic carbocycles. The van der Waals surface area contributed by atoms with Gasteiger partial charge in [-0.15, -0.1) is 0 Å². The van der Waals surface area contributed by atoms with Crippen molar-refractivity contribution in [3.8, 4) is 6.07 Å². The summed E-state index contributed by atoms with van der Waals surface area (Å²) in [5.74, 6) is 1.93. The molecule has 0 aromatic carbocycles. The van der Waals surface area contributed by atoms with Gasteiger partial charge in [0, 0.05) is 6.04 Å². The Kier molecular flexibility index (Phi) is 2.44. The van der Waals surface area contributed by atoms with E-state index < -0.39 is 0 Å².